The van der Waals surface area contributed by atoms with Gasteiger partial charge in [0.05, 0.1) is 29.6 Å². The summed E-state index contributed by atoms with van der Waals surface area (Å²) in [5, 5.41) is 16.9. The molecule has 2 heterocycles. The number of nitrogens with zero attached hydrogens (tertiary/aromatic N) is 2. The molecule has 0 amide bonds. The monoisotopic (exact) mass is 286 g/mol. The predicted octanol–water partition coefficient (Wildman–Crippen LogP) is 2.73. The summed E-state index contributed by atoms with van der Waals surface area (Å²) in [5.41, 5.74) is 1.62. The van der Waals surface area contributed by atoms with Gasteiger partial charge in [0, 0.05) is 23.7 Å². The number of halogens is 1. The van der Waals surface area contributed by atoms with Gasteiger partial charge in [-0.1, -0.05) is 11.6 Å². The molecule has 2 rings (SSSR count). The largest absolute Gasteiger partial charge is 0.496 e. The van der Waals surface area contributed by atoms with Crippen LogP contribution >= 0.6 is 22.9 Å². The van der Waals surface area contributed by atoms with Gasteiger partial charge in [-0.15, -0.1) is 11.3 Å². The van der Waals surface area contributed by atoms with Crippen molar-refractivity contribution >= 4 is 22.9 Å². The molecule has 0 aromatic carbocycles. The molecule has 98 valence electrons. The second-order valence-corrected chi connectivity index (χ2v) is 5.40. The van der Waals surface area contributed by atoms with Crippen LogP contribution in [0.2, 0.25) is 5.02 Å². The van der Waals surface area contributed by atoms with Gasteiger partial charge >= 0.3 is 0 Å². The van der Waals surface area contributed by atoms with E-state index in [2.05, 4.69) is 5.10 Å². The van der Waals surface area contributed by atoms with Crippen LogP contribution in [0.1, 0.15) is 22.4 Å². The summed E-state index contributed by atoms with van der Waals surface area (Å²) in [7, 11) is 3.44. The maximum absolute atomic E-state index is 10.2. The van der Waals surface area contributed by atoms with Crippen LogP contribution in [0.25, 0.3) is 0 Å². The molecular formula is C12H15ClN2O2S. The quantitative estimate of drug-likeness (QED) is 0.940. The van der Waals surface area contributed by atoms with E-state index in [1.54, 1.807) is 11.8 Å². The molecule has 0 spiro atoms. The summed E-state index contributed by atoms with van der Waals surface area (Å²) in [4.78, 5) is 0.863. The summed E-state index contributed by atoms with van der Waals surface area (Å²) >= 11 is 7.63. The van der Waals surface area contributed by atoms with E-state index in [0.29, 0.717) is 11.4 Å². The Balaban J connectivity index is 2.18. The number of ether oxygens (including phenoxy) is 1. The van der Waals surface area contributed by atoms with Crippen molar-refractivity contribution in [1.29, 1.82) is 0 Å². The molecule has 1 unspecified atom stereocenters. The van der Waals surface area contributed by atoms with Gasteiger partial charge in [-0.25, -0.2) is 0 Å². The standard InChI is InChI=1S/C12H15ClN2O2S/c1-7-12(13)9(15(2)14-7)5-10(16)11-4-8(17-3)6-18-11/h4,6,10,16H,5H2,1-3H3. The van der Waals surface area contributed by atoms with Gasteiger partial charge in [-0.2, -0.15) is 5.10 Å². The summed E-state index contributed by atoms with van der Waals surface area (Å²) in [6, 6.07) is 1.84. The first-order valence-corrected chi connectivity index (χ1v) is 6.77. The fourth-order valence-electron chi connectivity index (χ4n) is 1.80. The Kier molecular flexibility index (Phi) is 3.94. The van der Waals surface area contributed by atoms with Gasteiger partial charge in [0.2, 0.25) is 0 Å². The highest BCUT2D eigenvalue weighted by Crippen LogP contribution is 2.31. The van der Waals surface area contributed by atoms with Crippen LogP contribution < -0.4 is 4.74 Å². The smallest absolute Gasteiger partial charge is 0.129 e. The fourth-order valence-corrected chi connectivity index (χ4v) is 2.88. The number of rotatable bonds is 4. The number of thiophene rings is 1. The molecule has 0 aliphatic rings. The number of aryl methyl sites for hydroxylation is 2. The first-order chi connectivity index (χ1) is 8.52. The van der Waals surface area contributed by atoms with Crippen molar-refractivity contribution in [2.24, 2.45) is 7.05 Å². The minimum atomic E-state index is -0.591. The molecule has 0 radical (unpaired) electrons. The Bertz CT molecular complexity index is 550. The van der Waals surface area contributed by atoms with Crippen LogP contribution in [0.5, 0.6) is 5.75 Å². The van der Waals surface area contributed by atoms with E-state index in [9.17, 15) is 5.11 Å². The maximum atomic E-state index is 10.2. The molecular weight excluding hydrogens is 272 g/mol. The van der Waals surface area contributed by atoms with Crippen molar-refractivity contribution < 1.29 is 9.84 Å². The van der Waals surface area contributed by atoms with Gasteiger partial charge in [-0.3, -0.25) is 4.68 Å². The number of hydrogen-bond donors (Lipinski definition) is 1. The predicted molar refractivity (Wildman–Crippen MR) is 72.5 cm³/mol. The van der Waals surface area contributed by atoms with Crippen LogP contribution in [-0.2, 0) is 13.5 Å². The Morgan fingerprint density at radius 2 is 2.33 bits per heavy atom. The average Bonchev–Trinajstić information content (AvgIpc) is 2.90. The van der Waals surface area contributed by atoms with E-state index in [1.807, 2.05) is 25.4 Å². The SMILES string of the molecule is COc1csc(C(O)Cc2c(Cl)c(C)nn2C)c1. The van der Waals surface area contributed by atoms with Gasteiger partial charge in [0.15, 0.2) is 0 Å². The Labute approximate surface area is 115 Å². The molecule has 0 bridgehead atoms. The number of aliphatic hydroxyl groups is 1. The number of aliphatic hydroxyl groups excluding tert-OH is 1. The zero-order valence-electron chi connectivity index (χ0n) is 10.5. The van der Waals surface area contributed by atoms with Crippen molar-refractivity contribution in [2.75, 3.05) is 7.11 Å². The third-order valence-corrected chi connectivity index (χ3v) is 4.31. The lowest BCUT2D eigenvalue weighted by atomic mass is 10.1. The average molecular weight is 287 g/mol. The van der Waals surface area contributed by atoms with E-state index >= 15 is 0 Å². The molecule has 2 aromatic heterocycles. The van der Waals surface area contributed by atoms with E-state index in [0.717, 1.165) is 22.0 Å². The maximum Gasteiger partial charge on any atom is 0.129 e. The molecule has 0 aliphatic heterocycles. The second-order valence-electron chi connectivity index (χ2n) is 4.08. The van der Waals surface area contributed by atoms with Crippen LogP contribution in [0.15, 0.2) is 11.4 Å². The summed E-state index contributed by atoms with van der Waals surface area (Å²) in [5.74, 6) is 0.765. The van der Waals surface area contributed by atoms with Gasteiger partial charge < -0.3 is 9.84 Å². The number of hydrogen-bond acceptors (Lipinski definition) is 4. The fraction of sp³-hybridized carbons (Fsp3) is 0.417. The zero-order chi connectivity index (χ0) is 13.3. The lowest BCUT2D eigenvalue weighted by Crippen LogP contribution is -2.05. The first kappa shape index (κ1) is 13.4. The highest BCUT2D eigenvalue weighted by atomic mass is 35.5. The molecule has 0 saturated heterocycles. The Hall–Kier alpha value is -1.04. The molecule has 0 fully saturated rings. The normalized spacial score (nSPS) is 12.7. The second kappa shape index (κ2) is 5.30. The Morgan fingerprint density at radius 3 is 2.83 bits per heavy atom. The minimum absolute atomic E-state index is 0.444. The van der Waals surface area contributed by atoms with Crippen LogP contribution in [0.3, 0.4) is 0 Å². The molecule has 0 aliphatic carbocycles. The highest BCUT2D eigenvalue weighted by Gasteiger charge is 2.18. The van der Waals surface area contributed by atoms with Crippen molar-refractivity contribution in [3.8, 4) is 5.75 Å². The molecule has 0 saturated carbocycles. The molecule has 4 nitrogen and oxygen atoms in total. The summed E-state index contributed by atoms with van der Waals surface area (Å²) in [6.45, 7) is 1.85. The molecule has 1 N–H and O–H groups in total. The summed E-state index contributed by atoms with van der Waals surface area (Å²) < 4.78 is 6.82. The van der Waals surface area contributed by atoms with Crippen molar-refractivity contribution in [2.45, 2.75) is 19.4 Å². The van der Waals surface area contributed by atoms with Crippen LogP contribution in [0.4, 0.5) is 0 Å². The van der Waals surface area contributed by atoms with E-state index < -0.39 is 6.10 Å². The van der Waals surface area contributed by atoms with E-state index in [-0.39, 0.29) is 0 Å². The molecule has 18 heavy (non-hydrogen) atoms. The summed E-state index contributed by atoms with van der Waals surface area (Å²) in [6.07, 6.45) is -0.147. The first-order valence-electron chi connectivity index (χ1n) is 5.51. The third-order valence-electron chi connectivity index (χ3n) is 2.81. The Morgan fingerprint density at radius 1 is 1.61 bits per heavy atom. The van der Waals surface area contributed by atoms with Crippen molar-refractivity contribution in [1.82, 2.24) is 9.78 Å². The van der Waals surface area contributed by atoms with Gasteiger partial charge in [-0.05, 0) is 13.0 Å². The topological polar surface area (TPSA) is 47.3 Å². The highest BCUT2D eigenvalue weighted by molar-refractivity contribution is 7.10. The lowest BCUT2D eigenvalue weighted by Gasteiger charge is -2.09. The zero-order valence-corrected chi connectivity index (χ0v) is 12.0. The third kappa shape index (κ3) is 2.53. The van der Waals surface area contributed by atoms with Crippen LogP contribution in [-0.4, -0.2) is 22.0 Å². The van der Waals surface area contributed by atoms with E-state index in [1.165, 1.54) is 11.3 Å². The molecule has 1 atom stereocenters. The minimum Gasteiger partial charge on any atom is -0.496 e. The lowest BCUT2D eigenvalue weighted by molar-refractivity contribution is 0.179. The van der Waals surface area contributed by atoms with Crippen LogP contribution in [0, 0.1) is 6.92 Å². The van der Waals surface area contributed by atoms with Crippen molar-refractivity contribution in [3.63, 3.8) is 0 Å². The number of aromatic nitrogens is 2. The van der Waals surface area contributed by atoms with Crippen molar-refractivity contribution in [3.05, 3.63) is 32.7 Å². The van der Waals surface area contributed by atoms with E-state index in [4.69, 9.17) is 16.3 Å². The molecule has 6 heteroatoms. The number of methoxy groups -OCH3 is 1. The molecule has 2 aromatic rings. The van der Waals surface area contributed by atoms with Gasteiger partial charge in [0.25, 0.3) is 0 Å². The van der Waals surface area contributed by atoms with Gasteiger partial charge in [0.1, 0.15) is 5.75 Å².